The van der Waals surface area contributed by atoms with Gasteiger partial charge < -0.3 is 5.73 Å². The zero-order valence-corrected chi connectivity index (χ0v) is 8.31. The van der Waals surface area contributed by atoms with Gasteiger partial charge in [0.15, 0.2) is 0 Å². The maximum Gasteiger partial charge on any atom is 0.135 e. The van der Waals surface area contributed by atoms with Crippen LogP contribution in [0.25, 0.3) is 10.9 Å². The van der Waals surface area contributed by atoms with Crippen molar-refractivity contribution in [3.05, 3.63) is 29.7 Å². The molecule has 1 aromatic carbocycles. The van der Waals surface area contributed by atoms with Crippen molar-refractivity contribution in [2.75, 3.05) is 0 Å². The van der Waals surface area contributed by atoms with Crippen molar-refractivity contribution in [2.24, 2.45) is 12.8 Å². The van der Waals surface area contributed by atoms with E-state index in [2.05, 4.69) is 5.10 Å². The van der Waals surface area contributed by atoms with Crippen LogP contribution in [0.5, 0.6) is 0 Å². The summed E-state index contributed by atoms with van der Waals surface area (Å²) < 4.78 is 15.0. The van der Waals surface area contributed by atoms with Gasteiger partial charge in [-0.05, 0) is 12.1 Å². The molecular weight excluding hydrogens is 201 g/mol. The van der Waals surface area contributed by atoms with E-state index in [9.17, 15) is 4.39 Å². The molecule has 72 valence electrons. The molecule has 14 heavy (non-hydrogen) atoms. The minimum atomic E-state index is -0.427. The van der Waals surface area contributed by atoms with Gasteiger partial charge >= 0.3 is 0 Å². The summed E-state index contributed by atoms with van der Waals surface area (Å²) in [6.07, 6.45) is 1.79. The molecule has 1 heterocycles. The summed E-state index contributed by atoms with van der Waals surface area (Å²) in [7, 11) is 1.77. The molecule has 0 spiro atoms. The molecule has 2 aromatic rings. The van der Waals surface area contributed by atoms with Crippen molar-refractivity contribution < 1.29 is 4.39 Å². The fourth-order valence-electron chi connectivity index (χ4n) is 1.42. The van der Waals surface area contributed by atoms with E-state index in [4.69, 9.17) is 18.0 Å². The molecule has 2 rings (SSSR count). The standard InChI is InChI=1S/C9H8FN3S/c1-13-4-5-2-3-6(10)7(9(11)14)8(5)12-13/h2-4H,1H3,(H2,11,14). The quantitative estimate of drug-likeness (QED) is 0.721. The number of benzene rings is 1. The summed E-state index contributed by atoms with van der Waals surface area (Å²) in [6.45, 7) is 0. The monoisotopic (exact) mass is 209 g/mol. The van der Waals surface area contributed by atoms with Gasteiger partial charge in [-0.3, -0.25) is 4.68 Å². The fraction of sp³-hybridized carbons (Fsp3) is 0.111. The largest absolute Gasteiger partial charge is 0.389 e. The SMILES string of the molecule is Cn1cc2ccc(F)c(C(N)=S)c2n1. The lowest BCUT2D eigenvalue weighted by molar-refractivity contribution is 0.627. The molecule has 0 bridgehead atoms. The number of thiocarbonyl (C=S) groups is 1. The summed E-state index contributed by atoms with van der Waals surface area (Å²) in [6, 6.07) is 3.00. The molecule has 0 atom stereocenters. The van der Waals surface area contributed by atoms with Crippen LogP contribution in [0.1, 0.15) is 5.56 Å². The summed E-state index contributed by atoms with van der Waals surface area (Å²) in [4.78, 5) is 0.0341. The van der Waals surface area contributed by atoms with Crippen molar-refractivity contribution >= 4 is 28.1 Å². The fourth-order valence-corrected chi connectivity index (χ4v) is 1.61. The Morgan fingerprint density at radius 1 is 1.57 bits per heavy atom. The third-order valence-corrected chi connectivity index (χ3v) is 2.19. The number of fused-ring (bicyclic) bond motifs is 1. The summed E-state index contributed by atoms with van der Waals surface area (Å²) >= 11 is 4.77. The Hall–Kier alpha value is -1.49. The molecule has 1 aromatic heterocycles. The van der Waals surface area contributed by atoms with Gasteiger partial charge in [0.05, 0.1) is 5.56 Å². The van der Waals surface area contributed by atoms with Crippen molar-refractivity contribution in [1.82, 2.24) is 9.78 Å². The van der Waals surface area contributed by atoms with Crippen LogP contribution in [0.2, 0.25) is 0 Å². The predicted molar refractivity (Wildman–Crippen MR) is 56.6 cm³/mol. The molecule has 2 N–H and O–H groups in total. The van der Waals surface area contributed by atoms with Gasteiger partial charge in [-0.15, -0.1) is 0 Å². The summed E-state index contributed by atoms with van der Waals surface area (Å²) in [5, 5.41) is 4.93. The van der Waals surface area contributed by atoms with Gasteiger partial charge in [0.2, 0.25) is 0 Å². The lowest BCUT2D eigenvalue weighted by Crippen LogP contribution is -2.12. The molecule has 3 nitrogen and oxygen atoms in total. The Labute approximate surface area is 85.3 Å². The van der Waals surface area contributed by atoms with E-state index < -0.39 is 5.82 Å². The Morgan fingerprint density at radius 2 is 2.29 bits per heavy atom. The molecule has 0 aliphatic carbocycles. The molecule has 0 aliphatic rings. The topological polar surface area (TPSA) is 43.8 Å². The lowest BCUT2D eigenvalue weighted by Gasteiger charge is -2.00. The molecule has 0 aliphatic heterocycles. The van der Waals surface area contributed by atoms with Crippen LogP contribution in [0.15, 0.2) is 18.3 Å². The predicted octanol–water partition coefficient (Wildman–Crippen LogP) is 1.35. The minimum Gasteiger partial charge on any atom is -0.389 e. The average molecular weight is 209 g/mol. The first-order chi connectivity index (χ1) is 6.59. The van der Waals surface area contributed by atoms with Crippen LogP contribution >= 0.6 is 12.2 Å². The van der Waals surface area contributed by atoms with Crippen molar-refractivity contribution in [3.63, 3.8) is 0 Å². The van der Waals surface area contributed by atoms with E-state index in [1.165, 1.54) is 6.07 Å². The maximum absolute atomic E-state index is 13.4. The van der Waals surface area contributed by atoms with Crippen LogP contribution < -0.4 is 5.73 Å². The van der Waals surface area contributed by atoms with E-state index in [0.717, 1.165) is 5.39 Å². The number of aryl methyl sites for hydroxylation is 1. The maximum atomic E-state index is 13.4. The smallest absolute Gasteiger partial charge is 0.135 e. The number of rotatable bonds is 1. The van der Waals surface area contributed by atoms with Gasteiger partial charge in [-0.25, -0.2) is 4.39 Å². The second-order valence-corrected chi connectivity index (χ2v) is 3.47. The number of nitrogens with zero attached hydrogens (tertiary/aromatic N) is 2. The number of halogens is 1. The summed E-state index contributed by atoms with van der Waals surface area (Å²) in [5.41, 5.74) is 6.17. The highest BCUT2D eigenvalue weighted by Gasteiger charge is 2.12. The Bertz CT molecular complexity index is 518. The molecule has 0 saturated heterocycles. The van der Waals surface area contributed by atoms with Gasteiger partial charge in [0.25, 0.3) is 0 Å². The third-order valence-electron chi connectivity index (χ3n) is 1.99. The average Bonchev–Trinajstić information content (AvgIpc) is 2.43. The zero-order valence-electron chi connectivity index (χ0n) is 7.49. The first-order valence-electron chi connectivity index (χ1n) is 4.01. The van der Waals surface area contributed by atoms with E-state index >= 15 is 0 Å². The van der Waals surface area contributed by atoms with Crippen molar-refractivity contribution in [3.8, 4) is 0 Å². The normalized spacial score (nSPS) is 10.7. The van der Waals surface area contributed by atoms with Gasteiger partial charge in [0, 0.05) is 18.6 Å². The first-order valence-corrected chi connectivity index (χ1v) is 4.42. The number of nitrogens with two attached hydrogens (primary N) is 1. The molecule has 0 radical (unpaired) electrons. The Morgan fingerprint density at radius 3 is 2.93 bits per heavy atom. The molecule has 0 saturated carbocycles. The molecule has 0 unspecified atom stereocenters. The molecule has 0 fully saturated rings. The highest BCUT2D eigenvalue weighted by molar-refractivity contribution is 7.80. The number of aromatic nitrogens is 2. The number of hydrogen-bond donors (Lipinski definition) is 1. The van der Waals surface area contributed by atoms with E-state index in [1.807, 2.05) is 0 Å². The second-order valence-electron chi connectivity index (χ2n) is 3.03. The van der Waals surface area contributed by atoms with Crippen molar-refractivity contribution in [1.29, 1.82) is 0 Å². The van der Waals surface area contributed by atoms with Crippen LogP contribution in [0.4, 0.5) is 4.39 Å². The number of hydrogen-bond acceptors (Lipinski definition) is 2. The highest BCUT2D eigenvalue weighted by Crippen LogP contribution is 2.19. The zero-order chi connectivity index (χ0) is 10.3. The van der Waals surface area contributed by atoms with Crippen LogP contribution in [-0.2, 0) is 7.05 Å². The Kier molecular flexibility index (Phi) is 1.96. The van der Waals surface area contributed by atoms with Gasteiger partial charge in [0.1, 0.15) is 16.3 Å². The minimum absolute atomic E-state index is 0.0341. The van der Waals surface area contributed by atoms with E-state index in [-0.39, 0.29) is 10.6 Å². The molecule has 5 heteroatoms. The van der Waals surface area contributed by atoms with Gasteiger partial charge in [-0.1, -0.05) is 12.2 Å². The molecular formula is C9H8FN3S. The van der Waals surface area contributed by atoms with Crippen LogP contribution in [-0.4, -0.2) is 14.8 Å². The van der Waals surface area contributed by atoms with Crippen LogP contribution in [0, 0.1) is 5.82 Å². The van der Waals surface area contributed by atoms with E-state index in [1.54, 1.807) is 24.0 Å². The highest BCUT2D eigenvalue weighted by atomic mass is 32.1. The Balaban J connectivity index is 2.88. The van der Waals surface area contributed by atoms with Gasteiger partial charge in [-0.2, -0.15) is 5.10 Å². The molecule has 0 amide bonds. The van der Waals surface area contributed by atoms with Crippen molar-refractivity contribution in [2.45, 2.75) is 0 Å². The summed E-state index contributed by atoms with van der Waals surface area (Å²) in [5.74, 6) is -0.427. The second kappa shape index (κ2) is 3.02. The third kappa shape index (κ3) is 1.26. The first kappa shape index (κ1) is 9.08. The lowest BCUT2D eigenvalue weighted by atomic mass is 10.1. The van der Waals surface area contributed by atoms with Crippen LogP contribution in [0.3, 0.4) is 0 Å². The van der Waals surface area contributed by atoms with E-state index in [0.29, 0.717) is 5.52 Å².